The lowest BCUT2D eigenvalue weighted by Gasteiger charge is -2.20. The molecule has 0 saturated carbocycles. The van der Waals surface area contributed by atoms with Gasteiger partial charge in [0.05, 0.1) is 17.1 Å². The minimum absolute atomic E-state index is 0.103. The molecule has 166 valence electrons. The molecule has 0 amide bonds. The van der Waals surface area contributed by atoms with Crippen molar-refractivity contribution < 1.29 is 9.84 Å². The van der Waals surface area contributed by atoms with Crippen molar-refractivity contribution in [2.45, 2.75) is 6.61 Å². The number of aromatic nitrogens is 3. The van der Waals surface area contributed by atoms with Crippen LogP contribution in [0.4, 0.5) is 11.4 Å². The second-order valence-corrected chi connectivity index (χ2v) is 7.32. The number of fused-ring (bicyclic) bond motifs is 1. The van der Waals surface area contributed by atoms with E-state index in [1.807, 2.05) is 62.6 Å². The summed E-state index contributed by atoms with van der Waals surface area (Å²) in [5, 5.41) is 21.1. The maximum Gasteiger partial charge on any atom is 0.320 e. The monoisotopic (exact) mass is 440 g/mol. The van der Waals surface area contributed by atoms with Crippen LogP contribution in [0.5, 0.6) is 11.9 Å². The van der Waals surface area contributed by atoms with Gasteiger partial charge in [-0.25, -0.2) is 0 Å². The molecule has 0 spiro atoms. The second kappa shape index (κ2) is 9.78. The highest BCUT2D eigenvalue weighted by molar-refractivity contribution is 6.08. The number of pyridine rings is 1. The van der Waals surface area contributed by atoms with Crippen LogP contribution in [-0.4, -0.2) is 40.4 Å². The van der Waals surface area contributed by atoms with Crippen LogP contribution >= 0.6 is 0 Å². The van der Waals surface area contributed by atoms with Gasteiger partial charge in [0, 0.05) is 49.7 Å². The quantitative estimate of drug-likeness (QED) is 0.351. The average Bonchev–Trinajstić information content (AvgIpc) is 2.86. The van der Waals surface area contributed by atoms with E-state index in [4.69, 9.17) is 10.1 Å². The number of anilines is 2. The number of hydrogen-bond donors (Lipinski definition) is 3. The van der Waals surface area contributed by atoms with Crippen LogP contribution in [0.2, 0.25) is 0 Å². The number of nitrogens with one attached hydrogen (secondary N) is 2. The van der Waals surface area contributed by atoms with Gasteiger partial charge in [0.1, 0.15) is 6.61 Å². The van der Waals surface area contributed by atoms with Crippen LogP contribution in [0.15, 0.2) is 73.2 Å². The molecule has 0 aliphatic carbocycles. The highest BCUT2D eigenvalue weighted by atomic mass is 16.5. The molecule has 0 radical (unpaired) electrons. The third-order valence-electron chi connectivity index (χ3n) is 5.19. The van der Waals surface area contributed by atoms with Crippen molar-refractivity contribution in [1.29, 1.82) is 5.41 Å². The molecule has 2 aromatic heterocycles. The summed E-state index contributed by atoms with van der Waals surface area (Å²) in [6.07, 6.45) is 6.27. The van der Waals surface area contributed by atoms with E-state index in [0.717, 1.165) is 28.1 Å². The standard InChI is InChI=1S/C25H24N6O2/c1-27-14-19(13-26)18-5-9-21(10-6-18)31(2)20-7-3-17(4-8-20)16-33-25-29-23-15-28-12-11-22(23)24(32)30-25/h3-15,26-27H,16H2,1-2H3,(H,29,30,32)/b19-14+,26-13?. The molecule has 0 bridgehead atoms. The molecule has 4 aromatic rings. The third-order valence-corrected chi connectivity index (χ3v) is 5.19. The SMILES string of the molecule is CN/C=C(\C=N)c1ccc(N(C)c2ccc(COc3nc(O)c4ccncc4n3)cc2)cc1. The summed E-state index contributed by atoms with van der Waals surface area (Å²) < 4.78 is 5.68. The van der Waals surface area contributed by atoms with Crippen molar-refractivity contribution in [3.8, 4) is 11.9 Å². The second-order valence-electron chi connectivity index (χ2n) is 7.32. The Hall–Kier alpha value is -4.46. The summed E-state index contributed by atoms with van der Waals surface area (Å²) in [5.74, 6) is -0.130. The predicted octanol–water partition coefficient (Wildman–Crippen LogP) is 4.29. The number of allylic oxidation sites excluding steroid dienone is 1. The largest absolute Gasteiger partial charge is 0.493 e. The first-order chi connectivity index (χ1) is 16.1. The Morgan fingerprint density at radius 2 is 1.76 bits per heavy atom. The number of nitrogens with zero attached hydrogens (tertiary/aromatic N) is 4. The molecule has 0 aliphatic rings. The van der Waals surface area contributed by atoms with E-state index in [0.29, 0.717) is 10.9 Å². The highest BCUT2D eigenvalue weighted by Gasteiger charge is 2.09. The maximum atomic E-state index is 10.1. The average molecular weight is 441 g/mol. The first-order valence-electron chi connectivity index (χ1n) is 10.3. The zero-order valence-electron chi connectivity index (χ0n) is 18.4. The van der Waals surface area contributed by atoms with Gasteiger partial charge in [0.15, 0.2) is 0 Å². The van der Waals surface area contributed by atoms with Gasteiger partial charge >= 0.3 is 6.01 Å². The van der Waals surface area contributed by atoms with E-state index in [1.165, 1.54) is 6.21 Å². The molecule has 2 aromatic carbocycles. The Labute approximate surface area is 191 Å². The van der Waals surface area contributed by atoms with E-state index >= 15 is 0 Å². The normalized spacial score (nSPS) is 11.3. The topological polar surface area (TPSA) is 107 Å². The zero-order valence-corrected chi connectivity index (χ0v) is 18.4. The van der Waals surface area contributed by atoms with Gasteiger partial charge in [-0.05, 0) is 41.5 Å². The smallest absolute Gasteiger partial charge is 0.320 e. The molecule has 0 atom stereocenters. The Morgan fingerprint density at radius 1 is 1.06 bits per heavy atom. The first kappa shape index (κ1) is 21.8. The number of ether oxygens (including phenoxy) is 1. The fourth-order valence-corrected chi connectivity index (χ4v) is 3.36. The lowest BCUT2D eigenvalue weighted by molar-refractivity contribution is 0.277. The summed E-state index contributed by atoms with van der Waals surface area (Å²) in [7, 11) is 3.82. The van der Waals surface area contributed by atoms with Crippen LogP contribution in [0, 0.1) is 5.41 Å². The molecule has 2 heterocycles. The summed E-state index contributed by atoms with van der Waals surface area (Å²) >= 11 is 0. The van der Waals surface area contributed by atoms with E-state index in [9.17, 15) is 5.11 Å². The molecule has 33 heavy (non-hydrogen) atoms. The molecule has 0 fully saturated rings. The molecule has 0 saturated heterocycles. The van der Waals surface area contributed by atoms with E-state index in [-0.39, 0.29) is 18.5 Å². The van der Waals surface area contributed by atoms with Gasteiger partial charge in [-0.3, -0.25) is 4.98 Å². The zero-order chi connectivity index (χ0) is 23.2. The Kier molecular flexibility index (Phi) is 6.45. The van der Waals surface area contributed by atoms with Crippen LogP contribution in [0.25, 0.3) is 16.5 Å². The summed E-state index contributed by atoms with van der Waals surface area (Å²) in [5.41, 5.74) is 5.32. The number of aromatic hydroxyl groups is 1. The molecule has 3 N–H and O–H groups in total. The van der Waals surface area contributed by atoms with Crippen LogP contribution in [0.3, 0.4) is 0 Å². The van der Waals surface area contributed by atoms with Gasteiger partial charge < -0.3 is 25.5 Å². The molecule has 0 unspecified atom stereocenters. The van der Waals surface area contributed by atoms with Crippen molar-refractivity contribution in [2.75, 3.05) is 19.0 Å². The Balaban J connectivity index is 1.43. The van der Waals surface area contributed by atoms with Crippen molar-refractivity contribution in [3.63, 3.8) is 0 Å². The van der Waals surface area contributed by atoms with E-state index in [1.54, 1.807) is 24.7 Å². The van der Waals surface area contributed by atoms with Crippen molar-refractivity contribution in [1.82, 2.24) is 20.3 Å². The lowest BCUT2D eigenvalue weighted by Crippen LogP contribution is -2.09. The van der Waals surface area contributed by atoms with Gasteiger partial charge in [-0.2, -0.15) is 9.97 Å². The van der Waals surface area contributed by atoms with Crippen LogP contribution < -0.4 is 15.0 Å². The summed E-state index contributed by atoms with van der Waals surface area (Å²) in [6.45, 7) is 0.272. The Bertz CT molecular complexity index is 1290. The molecule has 8 heteroatoms. The number of rotatable bonds is 8. The number of hydrogen-bond acceptors (Lipinski definition) is 8. The van der Waals surface area contributed by atoms with Gasteiger partial charge in [0.25, 0.3) is 0 Å². The Morgan fingerprint density at radius 3 is 2.42 bits per heavy atom. The first-order valence-corrected chi connectivity index (χ1v) is 10.3. The van der Waals surface area contributed by atoms with Crippen molar-refractivity contribution in [2.24, 2.45) is 0 Å². The van der Waals surface area contributed by atoms with Gasteiger partial charge in [-0.15, -0.1) is 0 Å². The summed E-state index contributed by atoms with van der Waals surface area (Å²) in [6, 6.07) is 17.8. The fourth-order valence-electron chi connectivity index (χ4n) is 3.36. The predicted molar refractivity (Wildman–Crippen MR) is 130 cm³/mol. The van der Waals surface area contributed by atoms with E-state index in [2.05, 4.69) is 25.2 Å². The van der Waals surface area contributed by atoms with Crippen LogP contribution in [-0.2, 0) is 6.61 Å². The highest BCUT2D eigenvalue weighted by Crippen LogP contribution is 2.26. The third kappa shape index (κ3) is 4.90. The molecule has 4 rings (SSSR count). The van der Waals surface area contributed by atoms with Crippen molar-refractivity contribution >= 4 is 34.1 Å². The number of benzene rings is 2. The van der Waals surface area contributed by atoms with Gasteiger partial charge in [0.2, 0.25) is 5.88 Å². The fraction of sp³-hybridized carbons (Fsp3) is 0.120. The van der Waals surface area contributed by atoms with Crippen molar-refractivity contribution in [3.05, 3.63) is 84.3 Å². The van der Waals surface area contributed by atoms with E-state index < -0.39 is 0 Å². The molecular formula is C25H24N6O2. The van der Waals surface area contributed by atoms with Crippen LogP contribution in [0.1, 0.15) is 11.1 Å². The molecular weight excluding hydrogens is 416 g/mol. The molecule has 8 nitrogen and oxygen atoms in total. The minimum atomic E-state index is -0.130. The maximum absolute atomic E-state index is 10.1. The van der Waals surface area contributed by atoms with Gasteiger partial charge in [-0.1, -0.05) is 24.3 Å². The molecule has 0 aliphatic heterocycles. The minimum Gasteiger partial charge on any atom is -0.493 e. The summed E-state index contributed by atoms with van der Waals surface area (Å²) in [4.78, 5) is 14.4. The lowest BCUT2D eigenvalue weighted by atomic mass is 10.1.